The number of nitrogens with one attached hydrogen (secondary N) is 1. The molecule has 1 N–H and O–H groups in total. The molecule has 204 valence electrons. The third-order valence-electron chi connectivity index (χ3n) is 6.88. The lowest BCUT2D eigenvalue weighted by atomic mass is 10.00. The normalized spacial score (nSPS) is 12.6. The van der Waals surface area contributed by atoms with Crippen molar-refractivity contribution in [2.75, 3.05) is 58.7 Å². The van der Waals surface area contributed by atoms with Crippen LogP contribution in [0.15, 0.2) is 36.5 Å². The molecule has 4 aromatic rings. The Bertz CT molecular complexity index is 1530. The van der Waals surface area contributed by atoms with E-state index in [4.69, 9.17) is 14.5 Å². The number of methoxy groups -OCH3 is 2. The number of hydrogen-bond donors (Lipinski definition) is 1. The molecule has 0 aliphatic carbocycles. The number of ether oxygens (including phenoxy) is 2. The summed E-state index contributed by atoms with van der Waals surface area (Å²) in [5.74, 6) is 0.746. The van der Waals surface area contributed by atoms with Gasteiger partial charge in [-0.05, 0) is 50.7 Å². The molecule has 0 saturated carbocycles. The van der Waals surface area contributed by atoms with Crippen molar-refractivity contribution < 1.29 is 14.4 Å². The van der Waals surface area contributed by atoms with Crippen molar-refractivity contribution in [1.82, 2.24) is 24.4 Å². The molecule has 2 aromatic heterocycles. The third kappa shape index (κ3) is 5.15. The Kier molecular flexibility index (Phi) is 7.20. The molecular formula is C27H32N8O4. The second-order valence-electron chi connectivity index (χ2n) is 9.77. The highest BCUT2D eigenvalue weighted by Gasteiger charge is 2.23. The number of aromatic nitrogens is 4. The quantitative estimate of drug-likeness (QED) is 0.236. The van der Waals surface area contributed by atoms with Crippen LogP contribution in [0.25, 0.3) is 22.3 Å². The molecule has 0 amide bonds. The van der Waals surface area contributed by atoms with E-state index in [1.807, 2.05) is 43.1 Å². The van der Waals surface area contributed by atoms with Crippen LogP contribution < -0.4 is 19.7 Å². The van der Waals surface area contributed by atoms with Gasteiger partial charge in [0.15, 0.2) is 0 Å². The highest BCUT2D eigenvalue weighted by molar-refractivity contribution is 5.86. The number of anilines is 3. The molecule has 2 aromatic carbocycles. The van der Waals surface area contributed by atoms with E-state index in [9.17, 15) is 10.1 Å². The van der Waals surface area contributed by atoms with Crippen molar-refractivity contribution in [3.05, 3.63) is 52.2 Å². The van der Waals surface area contributed by atoms with Crippen molar-refractivity contribution in [3.8, 4) is 23.0 Å². The molecule has 5 rings (SSSR count). The predicted molar refractivity (Wildman–Crippen MR) is 150 cm³/mol. The maximum Gasteiger partial charge on any atom is 0.297 e. The molecule has 0 fully saturated rings. The maximum atomic E-state index is 12.0. The fraction of sp³-hybridized carbons (Fsp3) is 0.370. The Hall–Kier alpha value is -4.45. The van der Waals surface area contributed by atoms with E-state index in [1.54, 1.807) is 19.4 Å². The lowest BCUT2D eigenvalue weighted by molar-refractivity contribution is -0.384. The van der Waals surface area contributed by atoms with Gasteiger partial charge in [-0.1, -0.05) is 0 Å². The first-order chi connectivity index (χ1) is 18.8. The molecule has 12 nitrogen and oxygen atoms in total. The lowest BCUT2D eigenvalue weighted by Crippen LogP contribution is -2.28. The van der Waals surface area contributed by atoms with E-state index in [0.29, 0.717) is 41.3 Å². The molecule has 0 bridgehead atoms. The highest BCUT2D eigenvalue weighted by Crippen LogP contribution is 2.39. The number of aryl methyl sites for hydroxylation is 2. The Balaban J connectivity index is 1.49. The minimum atomic E-state index is -0.391. The zero-order valence-electron chi connectivity index (χ0n) is 22.8. The molecule has 39 heavy (non-hydrogen) atoms. The summed E-state index contributed by atoms with van der Waals surface area (Å²) in [5.41, 5.74) is 5.61. The lowest BCUT2D eigenvalue weighted by Gasteiger charge is -2.22. The third-order valence-corrected chi connectivity index (χ3v) is 6.88. The number of likely N-dealkylation sites (N-methyl/N-ethyl adjacent to an activating group) is 2. The van der Waals surface area contributed by atoms with Gasteiger partial charge < -0.3 is 24.6 Å². The standard InChI is InChI=1S/C27H32N8O4/c1-32(2)11-12-33(3)22-16-24(38-4)20(15-23(22)35(36)37)30-26-28-9-8-19(29-26)18-13-17-7-6-10-34-25(17)21(14-18)31-27(34)39-5/h8-9,13-16H,6-7,10-12H2,1-5H3,(H,28,29,30). The average molecular weight is 533 g/mol. The molecule has 0 atom stereocenters. The monoisotopic (exact) mass is 532 g/mol. The highest BCUT2D eigenvalue weighted by atomic mass is 16.6. The average Bonchev–Trinajstić information content (AvgIpc) is 3.30. The van der Waals surface area contributed by atoms with E-state index >= 15 is 0 Å². The topological polar surface area (TPSA) is 124 Å². The fourth-order valence-corrected chi connectivity index (χ4v) is 4.91. The summed E-state index contributed by atoms with van der Waals surface area (Å²) in [6.07, 6.45) is 3.61. The summed E-state index contributed by atoms with van der Waals surface area (Å²) < 4.78 is 13.2. The van der Waals surface area contributed by atoms with Crippen LogP contribution in [-0.4, -0.2) is 77.8 Å². The van der Waals surface area contributed by atoms with Crippen LogP contribution in [0.5, 0.6) is 11.8 Å². The van der Waals surface area contributed by atoms with Crippen molar-refractivity contribution in [1.29, 1.82) is 0 Å². The van der Waals surface area contributed by atoms with Crippen LogP contribution in [0, 0.1) is 10.1 Å². The van der Waals surface area contributed by atoms with Crippen LogP contribution >= 0.6 is 0 Å². The minimum Gasteiger partial charge on any atom is -0.494 e. The Morgan fingerprint density at radius 2 is 1.92 bits per heavy atom. The number of nitro groups is 1. The van der Waals surface area contributed by atoms with Crippen LogP contribution in [0.3, 0.4) is 0 Å². The molecule has 12 heteroatoms. The summed E-state index contributed by atoms with van der Waals surface area (Å²) >= 11 is 0. The molecule has 1 aliphatic rings. The van der Waals surface area contributed by atoms with Gasteiger partial charge in [-0.3, -0.25) is 14.7 Å². The van der Waals surface area contributed by atoms with Gasteiger partial charge in [-0.15, -0.1) is 0 Å². The smallest absolute Gasteiger partial charge is 0.297 e. The largest absolute Gasteiger partial charge is 0.494 e. The van der Waals surface area contributed by atoms with Crippen LogP contribution in [0.4, 0.5) is 23.0 Å². The van der Waals surface area contributed by atoms with Gasteiger partial charge in [0.2, 0.25) is 5.95 Å². The van der Waals surface area contributed by atoms with Gasteiger partial charge in [-0.25, -0.2) is 9.97 Å². The SMILES string of the molecule is COc1cc(N(C)CCN(C)C)c([N+](=O)[O-])cc1Nc1nccc(-c2cc3c4c(c2)nc(OC)n4CCC3)n1. The van der Waals surface area contributed by atoms with Gasteiger partial charge in [0.05, 0.1) is 41.6 Å². The second-order valence-corrected chi connectivity index (χ2v) is 9.77. The summed E-state index contributed by atoms with van der Waals surface area (Å²) in [6, 6.07) is 9.71. The number of rotatable bonds is 10. The number of nitro benzene ring substituents is 1. The first kappa shape index (κ1) is 26.2. The first-order valence-corrected chi connectivity index (χ1v) is 12.7. The van der Waals surface area contributed by atoms with Gasteiger partial charge in [-0.2, -0.15) is 4.98 Å². The summed E-state index contributed by atoms with van der Waals surface area (Å²) in [5, 5.41) is 15.1. The van der Waals surface area contributed by atoms with Crippen LogP contribution in [0.1, 0.15) is 12.0 Å². The molecular weight excluding hydrogens is 500 g/mol. The summed E-state index contributed by atoms with van der Waals surface area (Å²) in [6.45, 7) is 2.24. The van der Waals surface area contributed by atoms with Crippen LogP contribution in [-0.2, 0) is 13.0 Å². The minimum absolute atomic E-state index is 0.0372. The number of nitrogens with zero attached hydrogens (tertiary/aromatic N) is 7. The molecule has 0 radical (unpaired) electrons. The molecule has 3 heterocycles. The Labute approximate surface area is 226 Å². The van der Waals surface area contributed by atoms with Crippen molar-refractivity contribution in [2.45, 2.75) is 19.4 Å². The zero-order chi connectivity index (χ0) is 27.7. The predicted octanol–water partition coefficient (Wildman–Crippen LogP) is 4.11. The number of hydrogen-bond acceptors (Lipinski definition) is 10. The maximum absolute atomic E-state index is 12.0. The van der Waals surface area contributed by atoms with Crippen molar-refractivity contribution in [2.24, 2.45) is 0 Å². The van der Waals surface area contributed by atoms with Gasteiger partial charge in [0.1, 0.15) is 11.4 Å². The fourth-order valence-electron chi connectivity index (χ4n) is 4.91. The molecule has 1 aliphatic heterocycles. The number of imidazole rings is 1. The van der Waals surface area contributed by atoms with Gasteiger partial charge in [0, 0.05) is 50.6 Å². The Morgan fingerprint density at radius 3 is 2.64 bits per heavy atom. The van der Waals surface area contributed by atoms with Crippen LogP contribution in [0.2, 0.25) is 0 Å². The van der Waals surface area contributed by atoms with E-state index in [0.717, 1.165) is 42.5 Å². The van der Waals surface area contributed by atoms with Gasteiger partial charge in [0.25, 0.3) is 11.7 Å². The zero-order valence-corrected chi connectivity index (χ0v) is 22.8. The van der Waals surface area contributed by atoms with E-state index in [1.165, 1.54) is 18.7 Å². The summed E-state index contributed by atoms with van der Waals surface area (Å²) in [4.78, 5) is 29.2. The number of benzene rings is 2. The Morgan fingerprint density at radius 1 is 1.10 bits per heavy atom. The van der Waals surface area contributed by atoms with Gasteiger partial charge >= 0.3 is 0 Å². The van der Waals surface area contributed by atoms with Crippen molar-refractivity contribution >= 4 is 34.0 Å². The van der Waals surface area contributed by atoms with Crippen molar-refractivity contribution in [3.63, 3.8) is 0 Å². The molecule has 0 unspecified atom stereocenters. The van der Waals surface area contributed by atoms with E-state index in [2.05, 4.69) is 25.9 Å². The molecule has 0 saturated heterocycles. The van der Waals surface area contributed by atoms with E-state index in [-0.39, 0.29) is 5.69 Å². The first-order valence-electron chi connectivity index (χ1n) is 12.7. The van der Waals surface area contributed by atoms with E-state index < -0.39 is 4.92 Å². The molecule has 0 spiro atoms. The second kappa shape index (κ2) is 10.7. The summed E-state index contributed by atoms with van der Waals surface area (Å²) in [7, 11) is 8.91.